The molecule has 0 bridgehead atoms. The van der Waals surface area contributed by atoms with E-state index in [0.29, 0.717) is 5.56 Å². The maximum Gasteiger partial charge on any atom is 0.295 e. The van der Waals surface area contributed by atoms with Gasteiger partial charge in [0.2, 0.25) is 0 Å². The van der Waals surface area contributed by atoms with E-state index >= 15 is 0 Å². The molecule has 190 valence electrons. The first-order valence-corrected chi connectivity index (χ1v) is 12.7. The zero-order valence-electron chi connectivity index (χ0n) is 21.3. The van der Waals surface area contributed by atoms with E-state index in [1.54, 1.807) is 18.5 Å². The summed E-state index contributed by atoms with van der Waals surface area (Å²) >= 11 is 0. The first-order valence-electron chi connectivity index (χ1n) is 12.7. The molecule has 3 heterocycles. The van der Waals surface area contributed by atoms with Crippen LogP contribution in [0.2, 0.25) is 0 Å². The lowest BCUT2D eigenvalue weighted by Gasteiger charge is -2.27. The maximum atomic E-state index is 13.4. The van der Waals surface area contributed by atoms with Crippen LogP contribution in [0.15, 0.2) is 72.6 Å². The van der Waals surface area contributed by atoms with Gasteiger partial charge >= 0.3 is 0 Å². The minimum atomic E-state index is -0.720. The number of likely N-dealkylation sites (tertiary alicyclic amines) is 1. The highest BCUT2D eigenvalue weighted by Crippen LogP contribution is 2.41. The Labute approximate surface area is 217 Å². The summed E-state index contributed by atoms with van der Waals surface area (Å²) < 4.78 is 5.79. The van der Waals surface area contributed by atoms with Crippen molar-refractivity contribution >= 4 is 23.1 Å². The highest BCUT2D eigenvalue weighted by atomic mass is 16.5. The first-order chi connectivity index (χ1) is 17.9. The third kappa shape index (κ3) is 4.57. The molecule has 2 aliphatic heterocycles. The predicted octanol–water partition coefficient (Wildman–Crippen LogP) is 4.87. The summed E-state index contributed by atoms with van der Waals surface area (Å²) in [4.78, 5) is 34.5. The molecule has 2 aromatic carbocycles. The molecule has 7 nitrogen and oxygen atoms in total. The molecule has 3 aromatic rings. The van der Waals surface area contributed by atoms with Crippen LogP contribution in [-0.2, 0) is 22.6 Å². The van der Waals surface area contributed by atoms with E-state index in [2.05, 4.69) is 23.7 Å². The van der Waals surface area contributed by atoms with Crippen LogP contribution in [-0.4, -0.2) is 45.9 Å². The highest BCUT2D eigenvalue weighted by molar-refractivity contribution is 6.46. The van der Waals surface area contributed by atoms with Crippen LogP contribution in [0.1, 0.15) is 49.1 Å². The number of hydrogen-bond donors (Lipinski definition) is 1. The molecule has 1 saturated heterocycles. The number of pyridine rings is 1. The van der Waals surface area contributed by atoms with Crippen molar-refractivity contribution in [2.45, 2.75) is 45.9 Å². The zero-order chi connectivity index (χ0) is 26.1. The van der Waals surface area contributed by atoms with E-state index in [4.69, 9.17) is 4.74 Å². The van der Waals surface area contributed by atoms with Crippen LogP contribution in [0.4, 0.5) is 5.69 Å². The van der Waals surface area contributed by atoms with E-state index in [9.17, 15) is 14.7 Å². The summed E-state index contributed by atoms with van der Waals surface area (Å²) in [7, 11) is 0. The Morgan fingerprint density at radius 1 is 1.05 bits per heavy atom. The normalized spacial score (nSPS) is 20.1. The Balaban J connectivity index is 1.60. The number of rotatable bonds is 7. The molecule has 0 aliphatic carbocycles. The molecule has 2 aliphatic rings. The van der Waals surface area contributed by atoms with Crippen LogP contribution in [0.5, 0.6) is 5.75 Å². The number of aliphatic hydroxyl groups excluding tert-OH is 1. The summed E-state index contributed by atoms with van der Waals surface area (Å²) in [5, 5.41) is 11.5. The largest absolute Gasteiger partial charge is 0.507 e. The average Bonchev–Trinajstić information content (AvgIpc) is 3.41. The molecule has 2 atom stereocenters. The molecule has 2 unspecified atom stereocenters. The number of amides is 1. The van der Waals surface area contributed by atoms with Crippen LogP contribution in [0, 0.1) is 0 Å². The molecule has 1 amide bonds. The Morgan fingerprint density at radius 3 is 2.43 bits per heavy atom. The van der Waals surface area contributed by atoms with Gasteiger partial charge in [-0.05, 0) is 79.9 Å². The standard InChI is InChI=1S/C30H31N3O4/c1-4-32(5-2)24-9-6-21(7-10-24)27-26(28(34)22-8-11-25-23(17-22)16-19(3)37-25)29(35)30(36)33(27)18-20-12-14-31-15-13-20/h6-15,17,19,27,34H,4-5,16,18H2,1-3H3/b28-26-. The summed E-state index contributed by atoms with van der Waals surface area (Å²) in [5.41, 5.74) is 4.26. The second kappa shape index (κ2) is 10.1. The fourth-order valence-electron chi connectivity index (χ4n) is 5.26. The van der Waals surface area contributed by atoms with Crippen molar-refractivity contribution in [2.75, 3.05) is 18.0 Å². The quantitative estimate of drug-likeness (QED) is 0.285. The lowest BCUT2D eigenvalue weighted by Crippen LogP contribution is -2.29. The number of ketones is 1. The van der Waals surface area contributed by atoms with Gasteiger partial charge in [-0.25, -0.2) is 0 Å². The van der Waals surface area contributed by atoms with Gasteiger partial charge in [0.15, 0.2) is 0 Å². The number of carbonyl (C=O) groups is 2. The third-order valence-electron chi connectivity index (χ3n) is 7.15. The predicted molar refractivity (Wildman–Crippen MR) is 142 cm³/mol. The monoisotopic (exact) mass is 497 g/mol. The van der Waals surface area contributed by atoms with E-state index in [1.807, 2.05) is 55.5 Å². The Hall–Kier alpha value is -4.13. The van der Waals surface area contributed by atoms with Crippen molar-refractivity contribution in [2.24, 2.45) is 0 Å². The van der Waals surface area contributed by atoms with Crippen molar-refractivity contribution in [3.8, 4) is 5.75 Å². The number of benzene rings is 2. The van der Waals surface area contributed by atoms with Crippen LogP contribution in [0.3, 0.4) is 0 Å². The summed E-state index contributed by atoms with van der Waals surface area (Å²) in [6, 6.07) is 16.2. The number of ether oxygens (including phenoxy) is 1. The molecule has 0 saturated carbocycles. The number of aliphatic hydroxyl groups is 1. The molecule has 37 heavy (non-hydrogen) atoms. The fourth-order valence-corrected chi connectivity index (χ4v) is 5.26. The number of fused-ring (bicyclic) bond motifs is 1. The van der Waals surface area contributed by atoms with Crippen molar-refractivity contribution in [1.82, 2.24) is 9.88 Å². The van der Waals surface area contributed by atoms with Gasteiger partial charge in [-0.3, -0.25) is 14.6 Å². The van der Waals surface area contributed by atoms with Gasteiger partial charge in [0.1, 0.15) is 17.6 Å². The number of aromatic nitrogens is 1. The summed E-state index contributed by atoms with van der Waals surface area (Å²) in [6.07, 6.45) is 4.10. The Bertz CT molecular complexity index is 1350. The van der Waals surface area contributed by atoms with Gasteiger partial charge in [0.25, 0.3) is 11.7 Å². The Morgan fingerprint density at radius 2 is 1.76 bits per heavy atom. The molecular weight excluding hydrogens is 466 g/mol. The minimum absolute atomic E-state index is 0.0580. The van der Waals surface area contributed by atoms with Crippen molar-refractivity contribution in [1.29, 1.82) is 0 Å². The SMILES string of the molecule is CCN(CC)c1ccc(C2/C(=C(/O)c3ccc4c(c3)CC(C)O4)C(=O)C(=O)N2Cc2ccncc2)cc1. The number of hydrogen-bond acceptors (Lipinski definition) is 6. The lowest BCUT2D eigenvalue weighted by atomic mass is 9.94. The molecular formula is C30H31N3O4. The number of Topliss-reactive ketones (excluding diaryl/α,β-unsaturated/α-hetero) is 1. The average molecular weight is 498 g/mol. The van der Waals surface area contributed by atoms with E-state index < -0.39 is 17.7 Å². The van der Waals surface area contributed by atoms with Crippen LogP contribution in [0.25, 0.3) is 5.76 Å². The second-order valence-corrected chi connectivity index (χ2v) is 9.50. The smallest absolute Gasteiger partial charge is 0.295 e. The molecule has 1 N–H and O–H groups in total. The highest BCUT2D eigenvalue weighted by Gasteiger charge is 2.46. The third-order valence-corrected chi connectivity index (χ3v) is 7.15. The van der Waals surface area contributed by atoms with Gasteiger partial charge in [-0.15, -0.1) is 0 Å². The maximum absolute atomic E-state index is 13.4. The van der Waals surface area contributed by atoms with E-state index in [0.717, 1.165) is 47.6 Å². The number of carbonyl (C=O) groups excluding carboxylic acids is 2. The summed E-state index contributed by atoms with van der Waals surface area (Å²) in [6.45, 7) is 8.16. The topological polar surface area (TPSA) is 83.0 Å². The number of nitrogens with zero attached hydrogens (tertiary/aromatic N) is 3. The molecule has 0 radical (unpaired) electrons. The molecule has 7 heteroatoms. The van der Waals surface area contributed by atoms with Gasteiger partial charge in [-0.1, -0.05) is 12.1 Å². The van der Waals surface area contributed by atoms with Crippen molar-refractivity contribution in [3.63, 3.8) is 0 Å². The summed E-state index contributed by atoms with van der Waals surface area (Å²) in [5.74, 6) is -0.703. The van der Waals surface area contributed by atoms with Gasteiger partial charge in [0, 0.05) is 49.7 Å². The lowest BCUT2D eigenvalue weighted by molar-refractivity contribution is -0.140. The van der Waals surface area contributed by atoms with Crippen molar-refractivity contribution < 1.29 is 19.4 Å². The Kier molecular flexibility index (Phi) is 6.70. The van der Waals surface area contributed by atoms with Gasteiger partial charge < -0.3 is 19.6 Å². The van der Waals surface area contributed by atoms with Crippen LogP contribution >= 0.6 is 0 Å². The van der Waals surface area contributed by atoms with E-state index in [1.165, 1.54) is 4.90 Å². The zero-order valence-corrected chi connectivity index (χ0v) is 21.3. The first kappa shape index (κ1) is 24.6. The van der Waals surface area contributed by atoms with Gasteiger partial charge in [-0.2, -0.15) is 0 Å². The molecule has 1 fully saturated rings. The molecule has 1 aromatic heterocycles. The van der Waals surface area contributed by atoms with Crippen molar-refractivity contribution in [3.05, 3.63) is 94.8 Å². The minimum Gasteiger partial charge on any atom is -0.507 e. The second-order valence-electron chi connectivity index (χ2n) is 9.50. The van der Waals surface area contributed by atoms with Gasteiger partial charge in [0.05, 0.1) is 11.6 Å². The van der Waals surface area contributed by atoms with Crippen LogP contribution < -0.4 is 9.64 Å². The number of anilines is 1. The fraction of sp³-hybridized carbons (Fsp3) is 0.300. The molecule has 0 spiro atoms. The van der Waals surface area contributed by atoms with E-state index in [-0.39, 0.29) is 24.0 Å². The molecule has 5 rings (SSSR count).